The predicted molar refractivity (Wildman–Crippen MR) is 122 cm³/mol. The zero-order valence-electron chi connectivity index (χ0n) is 19.4. The monoisotopic (exact) mass is 436 g/mol. The maximum atomic E-state index is 12.8. The van der Waals surface area contributed by atoms with Crippen LogP contribution in [0.15, 0.2) is 17.7 Å². The molecule has 0 saturated carbocycles. The third kappa shape index (κ3) is 9.27. The van der Waals surface area contributed by atoms with Crippen molar-refractivity contribution in [3.63, 3.8) is 0 Å². The Bertz CT molecular complexity index is 707. The summed E-state index contributed by atoms with van der Waals surface area (Å²) >= 11 is 0. The minimum atomic E-state index is -0.463. The lowest BCUT2D eigenvalue weighted by Crippen LogP contribution is -2.36. The number of methoxy groups -OCH3 is 2. The number of hydrogen-bond donors (Lipinski definition) is 3. The summed E-state index contributed by atoms with van der Waals surface area (Å²) in [6.07, 6.45) is 2.99. The zero-order chi connectivity index (χ0) is 23.4. The van der Waals surface area contributed by atoms with E-state index in [0.717, 1.165) is 25.9 Å². The number of aromatic hydroxyl groups is 1. The van der Waals surface area contributed by atoms with Gasteiger partial charge in [0.15, 0.2) is 11.5 Å². The standard InChI is InChI=1S/C22H36N4O5/c1-25(2)11-7-9-23-21(28)17(22(29)24-10-8-12-26(3)4)13-16-14-18(30-5)20(27)19(15-16)31-6/h13-15,27H,7-12H2,1-6H3,(H,23,28)(H,24,29). The van der Waals surface area contributed by atoms with Gasteiger partial charge < -0.3 is 35.0 Å². The molecule has 0 fully saturated rings. The average Bonchev–Trinajstić information content (AvgIpc) is 2.72. The van der Waals surface area contributed by atoms with Crippen LogP contribution in [-0.4, -0.2) is 95.3 Å². The number of ether oxygens (including phenoxy) is 2. The van der Waals surface area contributed by atoms with Crippen LogP contribution in [0.3, 0.4) is 0 Å². The molecule has 0 radical (unpaired) electrons. The van der Waals surface area contributed by atoms with Crippen LogP contribution < -0.4 is 20.1 Å². The Morgan fingerprint density at radius 3 is 1.68 bits per heavy atom. The lowest BCUT2D eigenvalue weighted by atomic mass is 10.1. The largest absolute Gasteiger partial charge is 0.502 e. The Morgan fingerprint density at radius 2 is 1.32 bits per heavy atom. The summed E-state index contributed by atoms with van der Waals surface area (Å²) in [5.41, 5.74) is 0.470. The van der Waals surface area contributed by atoms with E-state index in [-0.39, 0.29) is 22.8 Å². The molecule has 0 bridgehead atoms. The summed E-state index contributed by atoms with van der Waals surface area (Å²) in [5.74, 6) is -0.708. The van der Waals surface area contributed by atoms with Crippen LogP contribution in [0.1, 0.15) is 18.4 Å². The van der Waals surface area contributed by atoms with Gasteiger partial charge in [0.25, 0.3) is 11.8 Å². The van der Waals surface area contributed by atoms with Crippen LogP contribution >= 0.6 is 0 Å². The Balaban J connectivity index is 3.08. The van der Waals surface area contributed by atoms with Crippen LogP contribution in [0, 0.1) is 0 Å². The van der Waals surface area contributed by atoms with E-state index < -0.39 is 11.8 Å². The first-order valence-corrected chi connectivity index (χ1v) is 10.2. The van der Waals surface area contributed by atoms with Crippen molar-refractivity contribution in [1.29, 1.82) is 0 Å². The number of carbonyl (C=O) groups excluding carboxylic acids is 2. The van der Waals surface area contributed by atoms with E-state index in [4.69, 9.17) is 9.47 Å². The Labute approximate surface area is 185 Å². The smallest absolute Gasteiger partial charge is 0.256 e. The first-order valence-electron chi connectivity index (χ1n) is 10.2. The van der Waals surface area contributed by atoms with Gasteiger partial charge in [0.1, 0.15) is 5.57 Å². The predicted octanol–water partition coefficient (Wildman–Crippen LogP) is 0.929. The van der Waals surface area contributed by atoms with Crippen molar-refractivity contribution in [2.75, 3.05) is 68.6 Å². The molecule has 174 valence electrons. The first-order chi connectivity index (χ1) is 14.7. The second-order valence-corrected chi connectivity index (χ2v) is 7.66. The van der Waals surface area contributed by atoms with Gasteiger partial charge in [-0.1, -0.05) is 0 Å². The molecule has 0 atom stereocenters. The van der Waals surface area contributed by atoms with Gasteiger partial charge in [0.2, 0.25) is 5.75 Å². The van der Waals surface area contributed by atoms with Gasteiger partial charge in [-0.2, -0.15) is 0 Å². The van der Waals surface area contributed by atoms with Gasteiger partial charge >= 0.3 is 0 Å². The molecule has 9 nitrogen and oxygen atoms in total. The Hall–Kier alpha value is -2.78. The quantitative estimate of drug-likeness (QED) is 0.183. The Morgan fingerprint density at radius 1 is 0.903 bits per heavy atom. The maximum Gasteiger partial charge on any atom is 0.256 e. The third-order valence-electron chi connectivity index (χ3n) is 4.44. The molecule has 2 amide bonds. The first kappa shape index (κ1) is 26.3. The molecule has 0 aliphatic rings. The number of phenolic OH excluding ortho intramolecular Hbond substituents is 1. The second-order valence-electron chi connectivity index (χ2n) is 7.66. The van der Waals surface area contributed by atoms with Gasteiger partial charge in [-0.25, -0.2) is 0 Å². The van der Waals surface area contributed by atoms with Crippen molar-refractivity contribution in [3.8, 4) is 17.2 Å². The summed E-state index contributed by atoms with van der Waals surface area (Å²) in [4.78, 5) is 29.6. The minimum Gasteiger partial charge on any atom is -0.502 e. The van der Waals surface area contributed by atoms with E-state index in [0.29, 0.717) is 18.7 Å². The highest BCUT2D eigenvalue weighted by Gasteiger charge is 2.19. The zero-order valence-corrected chi connectivity index (χ0v) is 19.4. The molecule has 0 aliphatic carbocycles. The molecule has 31 heavy (non-hydrogen) atoms. The summed E-state index contributed by atoms with van der Waals surface area (Å²) in [5, 5.41) is 15.7. The van der Waals surface area contributed by atoms with E-state index in [1.165, 1.54) is 32.4 Å². The van der Waals surface area contributed by atoms with E-state index in [2.05, 4.69) is 10.6 Å². The van der Waals surface area contributed by atoms with Crippen molar-refractivity contribution in [3.05, 3.63) is 23.3 Å². The fraction of sp³-hybridized carbons (Fsp3) is 0.545. The highest BCUT2D eigenvalue weighted by Crippen LogP contribution is 2.37. The molecule has 0 unspecified atom stereocenters. The number of rotatable bonds is 13. The molecule has 1 aromatic rings. The molecule has 0 heterocycles. The fourth-order valence-electron chi connectivity index (χ4n) is 2.78. The van der Waals surface area contributed by atoms with Crippen LogP contribution in [0.4, 0.5) is 0 Å². The van der Waals surface area contributed by atoms with Crippen LogP contribution in [0.2, 0.25) is 0 Å². The molecule has 0 spiro atoms. The molecule has 3 N–H and O–H groups in total. The number of nitrogens with zero attached hydrogens (tertiary/aromatic N) is 2. The summed E-state index contributed by atoms with van der Waals surface area (Å²) in [7, 11) is 10.7. The molecule has 0 aromatic heterocycles. The number of hydrogen-bond acceptors (Lipinski definition) is 7. The van der Waals surface area contributed by atoms with Gasteiger partial charge in [-0.05, 0) is 77.9 Å². The average molecular weight is 437 g/mol. The molecule has 0 saturated heterocycles. The van der Waals surface area contributed by atoms with Crippen molar-refractivity contribution >= 4 is 17.9 Å². The number of phenols is 1. The van der Waals surface area contributed by atoms with Gasteiger partial charge in [0.05, 0.1) is 14.2 Å². The second kappa shape index (κ2) is 13.5. The third-order valence-corrected chi connectivity index (χ3v) is 4.44. The highest BCUT2D eigenvalue weighted by molar-refractivity contribution is 6.21. The highest BCUT2D eigenvalue weighted by atomic mass is 16.5. The van der Waals surface area contributed by atoms with Crippen LogP contribution in [-0.2, 0) is 9.59 Å². The lowest BCUT2D eigenvalue weighted by Gasteiger charge is -2.14. The molecule has 1 aromatic carbocycles. The fourth-order valence-corrected chi connectivity index (χ4v) is 2.78. The lowest BCUT2D eigenvalue weighted by molar-refractivity contribution is -0.123. The summed E-state index contributed by atoms with van der Waals surface area (Å²) in [6, 6.07) is 3.08. The van der Waals surface area contributed by atoms with Crippen molar-refractivity contribution < 1.29 is 24.2 Å². The van der Waals surface area contributed by atoms with E-state index in [1.54, 1.807) is 0 Å². The number of amides is 2. The molecule has 1 rings (SSSR count). The normalized spacial score (nSPS) is 10.7. The minimum absolute atomic E-state index is 0.0236. The maximum absolute atomic E-state index is 12.8. The molecular weight excluding hydrogens is 400 g/mol. The molecule has 0 aliphatic heterocycles. The van der Waals surface area contributed by atoms with Crippen LogP contribution in [0.25, 0.3) is 6.08 Å². The van der Waals surface area contributed by atoms with E-state index >= 15 is 0 Å². The van der Waals surface area contributed by atoms with Gasteiger partial charge in [0, 0.05) is 13.1 Å². The van der Waals surface area contributed by atoms with Crippen molar-refractivity contribution in [2.24, 2.45) is 0 Å². The summed E-state index contributed by atoms with van der Waals surface area (Å²) < 4.78 is 10.3. The van der Waals surface area contributed by atoms with E-state index in [9.17, 15) is 14.7 Å². The SMILES string of the molecule is COc1cc(C=C(C(=O)NCCCN(C)C)C(=O)NCCCN(C)C)cc(OC)c1O. The Kier molecular flexibility index (Phi) is 11.4. The van der Waals surface area contributed by atoms with Crippen molar-refractivity contribution in [1.82, 2.24) is 20.4 Å². The number of carbonyl (C=O) groups is 2. The van der Waals surface area contributed by atoms with Crippen molar-refractivity contribution in [2.45, 2.75) is 12.8 Å². The van der Waals surface area contributed by atoms with Gasteiger partial charge in [-0.15, -0.1) is 0 Å². The topological polar surface area (TPSA) is 103 Å². The van der Waals surface area contributed by atoms with E-state index in [1.807, 2.05) is 38.0 Å². The van der Waals surface area contributed by atoms with Gasteiger partial charge in [-0.3, -0.25) is 9.59 Å². The molecular formula is C22H36N4O5. The van der Waals surface area contributed by atoms with Crippen LogP contribution in [0.5, 0.6) is 17.2 Å². The number of benzene rings is 1. The summed E-state index contributed by atoms with van der Waals surface area (Å²) in [6.45, 7) is 2.54. The number of nitrogens with one attached hydrogen (secondary N) is 2. The molecule has 9 heteroatoms.